The van der Waals surface area contributed by atoms with Crippen LogP contribution in [0.3, 0.4) is 0 Å². The molecule has 0 radical (unpaired) electrons. The van der Waals surface area contributed by atoms with Crippen molar-refractivity contribution in [2.75, 3.05) is 7.11 Å². The van der Waals surface area contributed by atoms with E-state index >= 15 is 0 Å². The van der Waals surface area contributed by atoms with Gasteiger partial charge in [-0.3, -0.25) is 14.9 Å². The van der Waals surface area contributed by atoms with Crippen LogP contribution in [0.4, 0.5) is 4.79 Å². The normalized spacial score (nSPS) is 17.2. The Morgan fingerprint density at radius 1 is 1.03 bits per heavy atom. The molecule has 2 N–H and O–H groups in total. The highest BCUT2D eigenvalue weighted by atomic mass is 16.5. The summed E-state index contributed by atoms with van der Waals surface area (Å²) in [6.45, 7) is 9.38. The maximum absolute atomic E-state index is 12.0. The molecular weight excluding hydrogens is 408 g/mol. The molecule has 1 fully saturated rings. The molecule has 1 aliphatic heterocycles. The van der Waals surface area contributed by atoms with Crippen molar-refractivity contribution in [1.82, 2.24) is 10.6 Å². The Morgan fingerprint density at radius 3 is 2.09 bits per heavy atom. The van der Waals surface area contributed by atoms with Crippen LogP contribution in [0.5, 0.6) is 11.5 Å². The summed E-state index contributed by atoms with van der Waals surface area (Å²) < 4.78 is 10.6. The third-order valence-electron chi connectivity index (χ3n) is 5.27. The molecule has 1 saturated heterocycles. The first kappa shape index (κ1) is 24.9. The number of hydrogen-bond acceptors (Lipinski definition) is 5. The van der Waals surface area contributed by atoms with Gasteiger partial charge in [0.25, 0.3) is 5.91 Å². The van der Waals surface area contributed by atoms with Crippen LogP contribution in [0, 0.1) is 0 Å². The van der Waals surface area contributed by atoms with Gasteiger partial charge in [-0.15, -0.1) is 0 Å². The zero-order valence-electron chi connectivity index (χ0n) is 19.6. The first-order valence-electron chi connectivity index (χ1n) is 10.7. The molecule has 0 unspecified atom stereocenters. The number of carbonyl (C=O) groups is 3. The summed E-state index contributed by atoms with van der Waals surface area (Å²) in [4.78, 5) is 34.6. The van der Waals surface area contributed by atoms with Crippen molar-refractivity contribution in [2.24, 2.45) is 0 Å². The summed E-state index contributed by atoms with van der Waals surface area (Å²) >= 11 is 0. The molecule has 1 atom stereocenters. The predicted molar refractivity (Wildman–Crippen MR) is 123 cm³/mol. The molecule has 1 heterocycles. The lowest BCUT2D eigenvalue weighted by Crippen LogP contribution is -2.43. The van der Waals surface area contributed by atoms with Crippen molar-refractivity contribution < 1.29 is 23.9 Å². The number of methoxy groups -OCH3 is 1. The predicted octanol–water partition coefficient (Wildman–Crippen LogP) is 4.38. The topological polar surface area (TPSA) is 93.7 Å². The minimum Gasteiger partial charge on any atom is -0.497 e. The average Bonchev–Trinajstić information content (AvgIpc) is 3.07. The van der Waals surface area contributed by atoms with Gasteiger partial charge in [-0.05, 0) is 69.0 Å². The van der Waals surface area contributed by atoms with E-state index in [4.69, 9.17) is 9.47 Å². The smallest absolute Gasteiger partial charge is 0.322 e. The van der Waals surface area contributed by atoms with Gasteiger partial charge in [0.1, 0.15) is 17.0 Å². The number of imide groups is 1. The van der Waals surface area contributed by atoms with Gasteiger partial charge in [-0.1, -0.05) is 32.0 Å². The fourth-order valence-corrected chi connectivity index (χ4v) is 3.56. The quantitative estimate of drug-likeness (QED) is 0.492. The van der Waals surface area contributed by atoms with Gasteiger partial charge in [-0.25, -0.2) is 4.79 Å². The largest absolute Gasteiger partial charge is 0.497 e. The zero-order chi connectivity index (χ0) is 23.9. The molecule has 7 nitrogen and oxygen atoms in total. The molecule has 2 aromatic carbocycles. The van der Waals surface area contributed by atoms with Gasteiger partial charge >= 0.3 is 6.03 Å². The van der Waals surface area contributed by atoms with E-state index in [0.717, 1.165) is 34.6 Å². The molecule has 0 aromatic heterocycles. The average molecular weight is 441 g/mol. The Kier molecular flexibility index (Phi) is 8.41. The summed E-state index contributed by atoms with van der Waals surface area (Å²) in [6.07, 6.45) is 1.47. The van der Waals surface area contributed by atoms with Crippen molar-refractivity contribution in [3.8, 4) is 11.5 Å². The summed E-state index contributed by atoms with van der Waals surface area (Å²) in [5.74, 6) is 1.27. The second-order valence-electron chi connectivity index (χ2n) is 7.79. The Labute approximate surface area is 189 Å². The van der Waals surface area contributed by atoms with Crippen molar-refractivity contribution in [2.45, 2.75) is 59.1 Å². The maximum Gasteiger partial charge on any atom is 0.322 e. The van der Waals surface area contributed by atoms with E-state index in [0.29, 0.717) is 6.42 Å². The molecule has 0 bridgehead atoms. The number of rotatable bonds is 7. The minimum atomic E-state index is -0.965. The van der Waals surface area contributed by atoms with Crippen LogP contribution in [0.25, 0.3) is 0 Å². The molecule has 32 heavy (non-hydrogen) atoms. The first-order valence-corrected chi connectivity index (χ1v) is 10.7. The van der Waals surface area contributed by atoms with Gasteiger partial charge < -0.3 is 14.8 Å². The Morgan fingerprint density at radius 2 is 1.66 bits per heavy atom. The third-order valence-corrected chi connectivity index (χ3v) is 5.27. The number of aryl methyl sites for hydroxylation is 1. The highest BCUT2D eigenvalue weighted by Crippen LogP contribution is 2.30. The zero-order valence-corrected chi connectivity index (χ0v) is 19.6. The van der Waals surface area contributed by atoms with E-state index < -0.39 is 11.6 Å². The lowest BCUT2D eigenvalue weighted by Gasteiger charge is -2.25. The molecule has 3 rings (SSSR count). The monoisotopic (exact) mass is 440 g/mol. The van der Waals surface area contributed by atoms with Gasteiger partial charge in [0, 0.05) is 5.56 Å². The van der Waals surface area contributed by atoms with Crippen molar-refractivity contribution >= 4 is 17.7 Å². The molecule has 0 aliphatic carbocycles. The third kappa shape index (κ3) is 5.66. The van der Waals surface area contributed by atoms with Gasteiger partial charge in [0.2, 0.25) is 0 Å². The molecule has 0 spiro atoms. The molecular formula is C25H32N2O5. The van der Waals surface area contributed by atoms with Crippen LogP contribution < -0.4 is 20.1 Å². The molecule has 3 amide bonds. The van der Waals surface area contributed by atoms with Crippen LogP contribution in [-0.4, -0.2) is 30.9 Å². The Bertz CT molecular complexity index is 969. The number of Topliss-reactive ketones (excluding diaryl/α,β-unsaturated/α-hetero) is 1. The van der Waals surface area contributed by atoms with E-state index in [9.17, 15) is 14.4 Å². The minimum absolute atomic E-state index is 0.0933. The fraction of sp³-hybridized carbons (Fsp3) is 0.400. The van der Waals surface area contributed by atoms with E-state index in [1.54, 1.807) is 20.1 Å². The highest BCUT2D eigenvalue weighted by Gasteiger charge is 2.46. The van der Waals surface area contributed by atoms with Gasteiger partial charge in [0.05, 0.1) is 13.2 Å². The van der Waals surface area contributed by atoms with Gasteiger partial charge in [-0.2, -0.15) is 0 Å². The highest BCUT2D eigenvalue weighted by molar-refractivity contribution is 6.07. The van der Waals surface area contributed by atoms with E-state index in [1.807, 2.05) is 64.1 Å². The standard InChI is InChI=1S/C14H18N2O3.C11H14O2/c1-4-14(12(17)15-13(18)16-14)10-5-7-11(8-6-10)19-9(2)3;1-4-9-5-6-10(13-3)7-11(9)8(2)12/h5-9H,4H2,1-3H3,(H2,15,16,17,18);5-7H,4H2,1-3H3/t14-;/m0./s1. The number of hydrogen-bond donors (Lipinski definition) is 2. The summed E-state index contributed by atoms with van der Waals surface area (Å²) in [5.41, 5.74) is 1.64. The van der Waals surface area contributed by atoms with Crippen LogP contribution in [0.2, 0.25) is 0 Å². The molecule has 7 heteroatoms. The summed E-state index contributed by atoms with van der Waals surface area (Å²) in [5, 5.41) is 4.99. The number of urea groups is 1. The molecule has 1 aliphatic rings. The number of benzene rings is 2. The van der Waals surface area contributed by atoms with Crippen LogP contribution in [0.15, 0.2) is 42.5 Å². The van der Waals surface area contributed by atoms with Crippen LogP contribution in [-0.2, 0) is 16.8 Å². The van der Waals surface area contributed by atoms with Crippen molar-refractivity contribution in [3.63, 3.8) is 0 Å². The van der Waals surface area contributed by atoms with Crippen molar-refractivity contribution in [1.29, 1.82) is 0 Å². The van der Waals surface area contributed by atoms with Crippen LogP contribution in [0.1, 0.15) is 62.5 Å². The fourth-order valence-electron chi connectivity index (χ4n) is 3.56. The summed E-state index contributed by atoms with van der Waals surface area (Å²) in [7, 11) is 1.60. The van der Waals surface area contributed by atoms with E-state index in [2.05, 4.69) is 10.6 Å². The van der Waals surface area contributed by atoms with Crippen molar-refractivity contribution in [3.05, 3.63) is 59.2 Å². The maximum atomic E-state index is 12.0. The van der Waals surface area contributed by atoms with Crippen LogP contribution >= 0.6 is 0 Å². The molecule has 0 saturated carbocycles. The molecule has 2 aromatic rings. The lowest BCUT2D eigenvalue weighted by atomic mass is 9.87. The number of amides is 3. The second-order valence-corrected chi connectivity index (χ2v) is 7.79. The number of ketones is 1. The number of nitrogens with one attached hydrogen (secondary N) is 2. The molecule has 172 valence electrons. The SMILES string of the molecule is CC[C@@]1(c2ccc(OC(C)C)cc2)NC(=O)NC1=O.CCc1ccc(OC)cc1C(C)=O. The Balaban J connectivity index is 0.000000244. The number of ether oxygens (including phenoxy) is 2. The lowest BCUT2D eigenvalue weighted by molar-refractivity contribution is -0.124. The van der Waals surface area contributed by atoms with E-state index in [1.165, 1.54) is 0 Å². The van der Waals surface area contributed by atoms with E-state index in [-0.39, 0.29) is 17.8 Å². The number of carbonyl (C=O) groups excluding carboxylic acids is 3. The first-order chi connectivity index (χ1) is 15.2. The Hall–Kier alpha value is -3.35. The second kappa shape index (κ2) is 10.8. The summed E-state index contributed by atoms with van der Waals surface area (Å²) in [6, 6.07) is 12.4. The van der Waals surface area contributed by atoms with Gasteiger partial charge in [0.15, 0.2) is 5.78 Å².